The van der Waals surface area contributed by atoms with Crippen molar-refractivity contribution in [3.63, 3.8) is 0 Å². The van der Waals surface area contributed by atoms with Gasteiger partial charge in [0.15, 0.2) is 5.58 Å². The summed E-state index contributed by atoms with van der Waals surface area (Å²) in [4.78, 5) is 20.7. The normalized spacial score (nSPS) is 16.3. The first-order chi connectivity index (χ1) is 11.0. The molecule has 0 bridgehead atoms. The molecule has 3 rings (SSSR count). The Kier molecular flexibility index (Phi) is 4.52. The molecule has 6 nitrogen and oxygen atoms in total. The van der Waals surface area contributed by atoms with E-state index in [4.69, 9.17) is 4.42 Å². The summed E-state index contributed by atoms with van der Waals surface area (Å²) in [5.41, 5.74) is 2.90. The van der Waals surface area contributed by atoms with Gasteiger partial charge < -0.3 is 14.6 Å². The number of amides is 1. The molecule has 1 aromatic carbocycles. The van der Waals surface area contributed by atoms with E-state index in [-0.39, 0.29) is 11.9 Å². The molecule has 0 aliphatic carbocycles. The van der Waals surface area contributed by atoms with Gasteiger partial charge in [-0.1, -0.05) is 6.07 Å². The highest BCUT2D eigenvalue weighted by Crippen LogP contribution is 2.23. The number of oxazole rings is 1. The molecular weight excluding hydrogens is 292 g/mol. The number of nitrogens with zero attached hydrogens (tertiary/aromatic N) is 3. The van der Waals surface area contributed by atoms with Crippen LogP contribution in [-0.4, -0.2) is 54.6 Å². The second-order valence-electron chi connectivity index (χ2n) is 6.45. The fourth-order valence-electron chi connectivity index (χ4n) is 2.83. The van der Waals surface area contributed by atoms with Gasteiger partial charge in [-0.2, -0.15) is 4.98 Å². The highest BCUT2D eigenvalue weighted by atomic mass is 16.4. The van der Waals surface area contributed by atoms with E-state index in [9.17, 15) is 4.79 Å². The van der Waals surface area contributed by atoms with E-state index in [2.05, 4.69) is 27.0 Å². The van der Waals surface area contributed by atoms with E-state index < -0.39 is 0 Å². The van der Waals surface area contributed by atoms with E-state index in [0.717, 1.165) is 37.3 Å². The Balaban J connectivity index is 1.58. The van der Waals surface area contributed by atoms with Crippen LogP contribution in [0.25, 0.3) is 11.1 Å². The maximum Gasteiger partial charge on any atom is 0.298 e. The van der Waals surface area contributed by atoms with Gasteiger partial charge in [0.25, 0.3) is 6.01 Å². The van der Waals surface area contributed by atoms with Crippen molar-refractivity contribution < 1.29 is 9.21 Å². The van der Waals surface area contributed by atoms with Crippen LogP contribution in [0.5, 0.6) is 0 Å². The number of nitrogens with one attached hydrogen (secondary N) is 1. The Labute approximate surface area is 136 Å². The smallest absolute Gasteiger partial charge is 0.298 e. The van der Waals surface area contributed by atoms with Crippen molar-refractivity contribution in [1.82, 2.24) is 15.2 Å². The molecule has 0 spiro atoms. The minimum absolute atomic E-state index is 0.0887. The zero-order valence-electron chi connectivity index (χ0n) is 14.0. The number of carbonyl (C=O) groups excluding carboxylic acids is 1. The minimum atomic E-state index is 0.0887. The van der Waals surface area contributed by atoms with E-state index in [1.165, 1.54) is 5.56 Å². The van der Waals surface area contributed by atoms with Crippen LogP contribution in [0.15, 0.2) is 22.6 Å². The third-order valence-corrected chi connectivity index (χ3v) is 3.99. The van der Waals surface area contributed by atoms with Gasteiger partial charge in [-0.3, -0.25) is 9.69 Å². The van der Waals surface area contributed by atoms with Gasteiger partial charge in [-0.25, -0.2) is 0 Å². The minimum Gasteiger partial charge on any atom is -0.423 e. The first-order valence-corrected chi connectivity index (χ1v) is 8.15. The first-order valence-electron chi connectivity index (χ1n) is 8.15. The zero-order valence-corrected chi connectivity index (χ0v) is 14.0. The molecule has 124 valence electrons. The lowest BCUT2D eigenvalue weighted by atomic mass is 10.2. The van der Waals surface area contributed by atoms with Crippen molar-refractivity contribution >= 4 is 23.0 Å². The Bertz CT molecular complexity index is 687. The Hall–Kier alpha value is -2.08. The molecule has 1 N–H and O–H groups in total. The third-order valence-electron chi connectivity index (χ3n) is 3.99. The number of piperazine rings is 1. The predicted molar refractivity (Wildman–Crippen MR) is 90.7 cm³/mol. The molecule has 23 heavy (non-hydrogen) atoms. The molecule has 1 aliphatic heterocycles. The summed E-state index contributed by atoms with van der Waals surface area (Å²) in [6.45, 7) is 9.77. The summed E-state index contributed by atoms with van der Waals surface area (Å²) < 4.78 is 5.85. The van der Waals surface area contributed by atoms with Crippen LogP contribution < -0.4 is 10.2 Å². The fourth-order valence-corrected chi connectivity index (χ4v) is 2.83. The second kappa shape index (κ2) is 6.58. The number of aryl methyl sites for hydroxylation is 1. The number of anilines is 1. The average molecular weight is 316 g/mol. The summed E-state index contributed by atoms with van der Waals surface area (Å²) >= 11 is 0. The number of carbonyl (C=O) groups is 1. The molecule has 0 saturated carbocycles. The molecule has 6 heteroatoms. The molecule has 0 atom stereocenters. The molecule has 2 aromatic rings. The molecular formula is C17H24N4O2. The topological polar surface area (TPSA) is 61.6 Å². The van der Waals surface area contributed by atoms with Crippen LogP contribution in [0.3, 0.4) is 0 Å². The van der Waals surface area contributed by atoms with Crippen LogP contribution in [0.1, 0.15) is 19.4 Å². The van der Waals surface area contributed by atoms with Crippen LogP contribution in [0, 0.1) is 6.92 Å². The van der Waals surface area contributed by atoms with Gasteiger partial charge in [-0.05, 0) is 38.5 Å². The lowest BCUT2D eigenvalue weighted by Gasteiger charge is -2.33. The fraction of sp³-hybridized carbons (Fsp3) is 0.529. The Morgan fingerprint density at radius 1 is 1.30 bits per heavy atom. The number of hydrogen-bond acceptors (Lipinski definition) is 5. The van der Waals surface area contributed by atoms with Crippen LogP contribution in [0.2, 0.25) is 0 Å². The van der Waals surface area contributed by atoms with E-state index in [0.29, 0.717) is 12.6 Å². The number of rotatable bonds is 4. The summed E-state index contributed by atoms with van der Waals surface area (Å²) in [5, 5.41) is 2.93. The van der Waals surface area contributed by atoms with Crippen LogP contribution >= 0.6 is 0 Å². The molecule has 0 unspecified atom stereocenters. The summed E-state index contributed by atoms with van der Waals surface area (Å²) in [5.74, 6) is 0.0887. The lowest BCUT2D eigenvalue weighted by Crippen LogP contribution is -2.50. The molecule has 2 heterocycles. The largest absolute Gasteiger partial charge is 0.423 e. The van der Waals surface area contributed by atoms with Crippen LogP contribution in [0.4, 0.5) is 6.01 Å². The summed E-state index contributed by atoms with van der Waals surface area (Å²) in [7, 11) is 0. The van der Waals surface area contributed by atoms with Gasteiger partial charge in [-0.15, -0.1) is 0 Å². The van der Waals surface area contributed by atoms with Crippen molar-refractivity contribution in [1.29, 1.82) is 0 Å². The molecule has 0 radical (unpaired) electrons. The maximum atomic E-state index is 11.8. The average Bonchev–Trinajstić information content (AvgIpc) is 2.90. The predicted octanol–water partition coefficient (Wildman–Crippen LogP) is 1.78. The van der Waals surface area contributed by atoms with Gasteiger partial charge in [0.1, 0.15) is 5.52 Å². The zero-order chi connectivity index (χ0) is 16.4. The summed E-state index contributed by atoms with van der Waals surface area (Å²) in [6.07, 6.45) is 0. The van der Waals surface area contributed by atoms with Crippen molar-refractivity contribution in [2.75, 3.05) is 37.6 Å². The highest BCUT2D eigenvalue weighted by molar-refractivity contribution is 5.78. The number of aromatic nitrogens is 1. The van der Waals surface area contributed by atoms with E-state index in [1.54, 1.807) is 0 Å². The molecule has 1 fully saturated rings. The quantitative estimate of drug-likeness (QED) is 0.932. The Morgan fingerprint density at radius 3 is 2.74 bits per heavy atom. The van der Waals surface area contributed by atoms with Gasteiger partial charge >= 0.3 is 0 Å². The van der Waals surface area contributed by atoms with Crippen LogP contribution in [-0.2, 0) is 4.79 Å². The monoisotopic (exact) mass is 316 g/mol. The Morgan fingerprint density at radius 2 is 2.04 bits per heavy atom. The molecule has 1 aliphatic rings. The molecule has 1 saturated heterocycles. The van der Waals surface area contributed by atoms with Crippen molar-refractivity contribution in [3.8, 4) is 0 Å². The number of benzene rings is 1. The number of fused-ring (bicyclic) bond motifs is 1. The van der Waals surface area contributed by atoms with E-state index in [1.807, 2.05) is 32.0 Å². The standard InChI is InChI=1S/C17H24N4O2/c1-12(2)18-16(22)11-20-6-8-21(9-7-20)17-19-14-10-13(3)4-5-15(14)23-17/h4-5,10,12H,6-9,11H2,1-3H3,(H,18,22). The van der Waals surface area contributed by atoms with Crippen molar-refractivity contribution in [2.45, 2.75) is 26.8 Å². The highest BCUT2D eigenvalue weighted by Gasteiger charge is 2.22. The first kappa shape index (κ1) is 15.8. The second-order valence-corrected chi connectivity index (χ2v) is 6.45. The number of hydrogen-bond donors (Lipinski definition) is 1. The van der Waals surface area contributed by atoms with Crippen molar-refractivity contribution in [2.24, 2.45) is 0 Å². The molecule has 1 aromatic heterocycles. The summed E-state index contributed by atoms with van der Waals surface area (Å²) in [6, 6.07) is 6.90. The van der Waals surface area contributed by atoms with Gasteiger partial charge in [0.2, 0.25) is 5.91 Å². The van der Waals surface area contributed by atoms with E-state index >= 15 is 0 Å². The van der Waals surface area contributed by atoms with Gasteiger partial charge in [0.05, 0.1) is 6.54 Å². The van der Waals surface area contributed by atoms with Gasteiger partial charge in [0, 0.05) is 32.2 Å². The third kappa shape index (κ3) is 3.82. The SMILES string of the molecule is Cc1ccc2oc(N3CCN(CC(=O)NC(C)C)CC3)nc2c1. The molecule has 1 amide bonds. The lowest BCUT2D eigenvalue weighted by molar-refractivity contribution is -0.122. The van der Waals surface area contributed by atoms with Crippen molar-refractivity contribution in [3.05, 3.63) is 23.8 Å². The maximum absolute atomic E-state index is 11.8.